The number of nitrogens with two attached hydrogens (primary N) is 1. The lowest BCUT2D eigenvalue weighted by Gasteiger charge is -2.05. The molecule has 2 aromatic rings. The monoisotopic (exact) mass is 286 g/mol. The molecule has 1 unspecified atom stereocenters. The Morgan fingerprint density at radius 1 is 1.05 bits per heavy atom. The third kappa shape index (κ3) is 4.60. The zero-order chi connectivity index (χ0) is 15.1. The standard InChI is InChI=1S/C19H30N2/c1-3-4-5-6-7-10-13-21-15-17(14-16(2)20)18-11-8-9-12-19(18)21/h8-9,11-12,15-16H,3-7,10,13-14,20H2,1-2H3. The molecule has 2 nitrogen and oxygen atoms in total. The zero-order valence-electron chi connectivity index (χ0n) is 13.6. The summed E-state index contributed by atoms with van der Waals surface area (Å²) in [4.78, 5) is 0. The fourth-order valence-corrected chi connectivity index (χ4v) is 3.08. The topological polar surface area (TPSA) is 30.9 Å². The second-order valence-corrected chi connectivity index (χ2v) is 6.31. The van der Waals surface area contributed by atoms with Crippen LogP contribution in [0.4, 0.5) is 0 Å². The van der Waals surface area contributed by atoms with Crippen LogP contribution < -0.4 is 5.73 Å². The summed E-state index contributed by atoms with van der Waals surface area (Å²) >= 11 is 0. The Kier molecular flexibility index (Phi) is 6.31. The molecule has 0 spiro atoms. The predicted molar refractivity (Wildman–Crippen MR) is 92.7 cm³/mol. The van der Waals surface area contributed by atoms with Gasteiger partial charge in [0.2, 0.25) is 0 Å². The molecule has 0 amide bonds. The van der Waals surface area contributed by atoms with E-state index in [0.29, 0.717) is 0 Å². The third-order valence-corrected chi connectivity index (χ3v) is 4.17. The molecule has 0 aliphatic rings. The van der Waals surface area contributed by atoms with E-state index < -0.39 is 0 Å². The maximum Gasteiger partial charge on any atom is 0.0483 e. The molecule has 0 saturated carbocycles. The number of benzene rings is 1. The molecular weight excluding hydrogens is 256 g/mol. The summed E-state index contributed by atoms with van der Waals surface area (Å²) < 4.78 is 2.42. The Morgan fingerprint density at radius 3 is 2.52 bits per heavy atom. The van der Waals surface area contributed by atoms with Gasteiger partial charge in [-0.15, -0.1) is 0 Å². The van der Waals surface area contributed by atoms with Gasteiger partial charge in [0.25, 0.3) is 0 Å². The Labute approximate surface area is 129 Å². The first-order valence-electron chi connectivity index (χ1n) is 8.54. The van der Waals surface area contributed by atoms with Crippen molar-refractivity contribution in [2.24, 2.45) is 5.73 Å². The van der Waals surface area contributed by atoms with Gasteiger partial charge in [-0.2, -0.15) is 0 Å². The first kappa shape index (κ1) is 16.1. The van der Waals surface area contributed by atoms with E-state index in [2.05, 4.69) is 48.9 Å². The number of aromatic nitrogens is 1. The highest BCUT2D eigenvalue weighted by Crippen LogP contribution is 2.23. The highest BCUT2D eigenvalue weighted by Gasteiger charge is 2.09. The van der Waals surface area contributed by atoms with Crippen LogP contribution in [0.15, 0.2) is 30.5 Å². The molecule has 1 atom stereocenters. The van der Waals surface area contributed by atoms with Crippen molar-refractivity contribution in [1.29, 1.82) is 0 Å². The van der Waals surface area contributed by atoms with Crippen LogP contribution in [0.3, 0.4) is 0 Å². The van der Waals surface area contributed by atoms with Gasteiger partial charge in [-0.05, 0) is 31.4 Å². The highest BCUT2D eigenvalue weighted by molar-refractivity contribution is 5.84. The summed E-state index contributed by atoms with van der Waals surface area (Å²) in [6, 6.07) is 8.94. The van der Waals surface area contributed by atoms with Crippen LogP contribution in [-0.4, -0.2) is 10.6 Å². The van der Waals surface area contributed by atoms with Crippen LogP contribution in [0.2, 0.25) is 0 Å². The van der Waals surface area contributed by atoms with Crippen LogP contribution >= 0.6 is 0 Å². The van der Waals surface area contributed by atoms with Crippen molar-refractivity contribution >= 4 is 10.9 Å². The average Bonchev–Trinajstić information content (AvgIpc) is 2.81. The van der Waals surface area contributed by atoms with E-state index in [4.69, 9.17) is 5.73 Å². The molecule has 2 N–H and O–H groups in total. The average molecular weight is 286 g/mol. The third-order valence-electron chi connectivity index (χ3n) is 4.17. The number of aryl methyl sites for hydroxylation is 1. The van der Waals surface area contributed by atoms with Gasteiger partial charge in [0.15, 0.2) is 0 Å². The summed E-state index contributed by atoms with van der Waals surface area (Å²) in [7, 11) is 0. The van der Waals surface area contributed by atoms with Crippen molar-refractivity contribution in [2.75, 3.05) is 0 Å². The molecule has 0 radical (unpaired) electrons. The SMILES string of the molecule is CCCCCCCCn1cc(CC(C)N)c2ccccc21. The van der Waals surface area contributed by atoms with Gasteiger partial charge in [0.05, 0.1) is 0 Å². The maximum absolute atomic E-state index is 5.98. The molecule has 1 heterocycles. The minimum Gasteiger partial charge on any atom is -0.347 e. The van der Waals surface area contributed by atoms with Gasteiger partial charge < -0.3 is 10.3 Å². The minimum absolute atomic E-state index is 0.221. The summed E-state index contributed by atoms with van der Waals surface area (Å²) in [5.74, 6) is 0. The zero-order valence-corrected chi connectivity index (χ0v) is 13.6. The number of para-hydroxylation sites is 1. The van der Waals surface area contributed by atoms with E-state index >= 15 is 0 Å². The molecule has 2 rings (SSSR count). The van der Waals surface area contributed by atoms with E-state index in [1.54, 1.807) is 0 Å². The Hall–Kier alpha value is -1.28. The van der Waals surface area contributed by atoms with Gasteiger partial charge in [-0.3, -0.25) is 0 Å². The van der Waals surface area contributed by atoms with Crippen molar-refractivity contribution in [3.8, 4) is 0 Å². The lowest BCUT2D eigenvalue weighted by atomic mass is 10.1. The minimum atomic E-state index is 0.221. The molecule has 1 aromatic heterocycles. The Balaban J connectivity index is 1.99. The van der Waals surface area contributed by atoms with E-state index in [1.807, 2.05) is 0 Å². The van der Waals surface area contributed by atoms with Crippen molar-refractivity contribution in [2.45, 2.75) is 71.4 Å². The number of nitrogens with zero attached hydrogens (tertiary/aromatic N) is 1. The molecule has 1 aromatic carbocycles. The summed E-state index contributed by atoms with van der Waals surface area (Å²) in [6.45, 7) is 5.48. The molecule has 0 fully saturated rings. The van der Waals surface area contributed by atoms with E-state index in [9.17, 15) is 0 Å². The molecule has 21 heavy (non-hydrogen) atoms. The summed E-state index contributed by atoms with van der Waals surface area (Å²) in [5.41, 5.74) is 8.74. The molecule has 0 bridgehead atoms. The Bertz CT molecular complexity index is 539. The molecule has 116 valence electrons. The van der Waals surface area contributed by atoms with Crippen molar-refractivity contribution in [1.82, 2.24) is 4.57 Å². The molecule has 0 aliphatic heterocycles. The summed E-state index contributed by atoms with van der Waals surface area (Å²) in [6.07, 6.45) is 11.4. The number of unbranched alkanes of at least 4 members (excludes halogenated alkanes) is 5. The van der Waals surface area contributed by atoms with Crippen LogP contribution in [0.25, 0.3) is 10.9 Å². The number of fused-ring (bicyclic) bond motifs is 1. The molecule has 0 aliphatic carbocycles. The van der Waals surface area contributed by atoms with Crippen molar-refractivity contribution in [3.05, 3.63) is 36.0 Å². The largest absolute Gasteiger partial charge is 0.347 e. The lowest BCUT2D eigenvalue weighted by molar-refractivity contribution is 0.564. The maximum atomic E-state index is 5.98. The number of rotatable bonds is 9. The molecule has 2 heteroatoms. The van der Waals surface area contributed by atoms with E-state index in [0.717, 1.165) is 13.0 Å². The number of hydrogen-bond donors (Lipinski definition) is 1. The molecule has 0 saturated heterocycles. The first-order valence-corrected chi connectivity index (χ1v) is 8.54. The van der Waals surface area contributed by atoms with Crippen molar-refractivity contribution < 1.29 is 0 Å². The second-order valence-electron chi connectivity index (χ2n) is 6.31. The van der Waals surface area contributed by atoms with Gasteiger partial charge >= 0.3 is 0 Å². The first-order chi connectivity index (χ1) is 10.2. The van der Waals surface area contributed by atoms with Crippen LogP contribution in [0.1, 0.15) is 57.9 Å². The predicted octanol–water partition coefficient (Wildman–Crippen LogP) is 4.89. The van der Waals surface area contributed by atoms with E-state index in [1.165, 1.54) is 55.0 Å². The smallest absolute Gasteiger partial charge is 0.0483 e. The quantitative estimate of drug-likeness (QED) is 0.654. The van der Waals surface area contributed by atoms with Gasteiger partial charge in [-0.25, -0.2) is 0 Å². The van der Waals surface area contributed by atoms with Crippen LogP contribution in [0, 0.1) is 0 Å². The van der Waals surface area contributed by atoms with Gasteiger partial charge in [0, 0.05) is 29.7 Å². The van der Waals surface area contributed by atoms with Gasteiger partial charge in [0.1, 0.15) is 0 Å². The summed E-state index contributed by atoms with van der Waals surface area (Å²) in [5, 5.41) is 1.38. The molecular formula is C19H30N2. The fraction of sp³-hybridized carbons (Fsp3) is 0.579. The Morgan fingerprint density at radius 2 is 1.76 bits per heavy atom. The lowest BCUT2D eigenvalue weighted by Crippen LogP contribution is -2.17. The van der Waals surface area contributed by atoms with Gasteiger partial charge in [-0.1, -0.05) is 57.2 Å². The van der Waals surface area contributed by atoms with Crippen LogP contribution in [0.5, 0.6) is 0 Å². The highest BCUT2D eigenvalue weighted by atomic mass is 15.0. The fourth-order valence-electron chi connectivity index (χ4n) is 3.08. The normalized spacial score (nSPS) is 12.9. The van der Waals surface area contributed by atoms with Crippen molar-refractivity contribution in [3.63, 3.8) is 0 Å². The van der Waals surface area contributed by atoms with E-state index in [-0.39, 0.29) is 6.04 Å². The van der Waals surface area contributed by atoms with Crippen LogP contribution in [-0.2, 0) is 13.0 Å². The number of hydrogen-bond acceptors (Lipinski definition) is 1. The second kappa shape index (κ2) is 8.23.